The van der Waals surface area contributed by atoms with Gasteiger partial charge in [0.05, 0.1) is 16.4 Å². The average molecular weight is 406 g/mol. The lowest BCUT2D eigenvalue weighted by Crippen LogP contribution is -2.30. The van der Waals surface area contributed by atoms with Gasteiger partial charge in [0.15, 0.2) is 0 Å². The zero-order chi connectivity index (χ0) is 20.0. The van der Waals surface area contributed by atoms with E-state index in [1.54, 1.807) is 19.1 Å². The lowest BCUT2D eigenvalue weighted by atomic mass is 10.1. The molecule has 1 aliphatic heterocycles. The number of pyridine rings is 1. The third-order valence-electron chi connectivity index (χ3n) is 3.97. The maximum atomic E-state index is 13.1. The number of carbonyl (C=O) groups is 1. The van der Waals surface area contributed by atoms with Crippen molar-refractivity contribution in [3.05, 3.63) is 59.4 Å². The van der Waals surface area contributed by atoms with E-state index in [0.717, 1.165) is 16.7 Å². The molecule has 0 radical (unpaired) electrons. The molecule has 0 bridgehead atoms. The highest BCUT2D eigenvalue weighted by Gasteiger charge is 2.43. The Hall–Kier alpha value is -2.23. The van der Waals surface area contributed by atoms with E-state index in [-0.39, 0.29) is 6.07 Å². The standard InChI is InChI=1S/C17H12F6N2OS/c1-9-14(26)25(15(27-9)10-3-2-4-24-8-10)13-6-11(16(18,19)20)5-12(7-13)17(21,22)23/h2-9,15H,1H3. The second-order valence-electron chi connectivity index (χ2n) is 5.89. The third-order valence-corrected chi connectivity index (χ3v) is 5.32. The predicted molar refractivity (Wildman–Crippen MR) is 88.0 cm³/mol. The summed E-state index contributed by atoms with van der Waals surface area (Å²) in [5.74, 6) is -0.568. The van der Waals surface area contributed by atoms with E-state index in [4.69, 9.17) is 0 Å². The van der Waals surface area contributed by atoms with E-state index in [1.165, 1.54) is 12.4 Å². The normalized spacial score (nSPS) is 21.0. The lowest BCUT2D eigenvalue weighted by molar-refractivity contribution is -0.143. The number of amides is 1. The maximum absolute atomic E-state index is 13.1. The van der Waals surface area contributed by atoms with Crippen LogP contribution in [0.4, 0.5) is 32.0 Å². The Balaban J connectivity index is 2.16. The van der Waals surface area contributed by atoms with Crippen LogP contribution in [0.15, 0.2) is 42.7 Å². The van der Waals surface area contributed by atoms with E-state index in [9.17, 15) is 31.1 Å². The molecule has 144 valence electrons. The Kier molecular flexibility index (Phi) is 4.87. The van der Waals surface area contributed by atoms with Gasteiger partial charge in [-0.1, -0.05) is 6.07 Å². The van der Waals surface area contributed by atoms with E-state index in [1.807, 2.05) is 0 Å². The van der Waals surface area contributed by atoms with Crippen LogP contribution in [0, 0.1) is 0 Å². The first-order chi connectivity index (χ1) is 12.5. The monoisotopic (exact) mass is 406 g/mol. The number of benzene rings is 1. The van der Waals surface area contributed by atoms with Gasteiger partial charge >= 0.3 is 12.4 Å². The van der Waals surface area contributed by atoms with E-state index in [2.05, 4.69) is 4.98 Å². The summed E-state index contributed by atoms with van der Waals surface area (Å²) in [7, 11) is 0. The summed E-state index contributed by atoms with van der Waals surface area (Å²) in [6.07, 6.45) is -7.07. The van der Waals surface area contributed by atoms with Crippen molar-refractivity contribution >= 4 is 23.4 Å². The first kappa shape index (κ1) is 19.5. The van der Waals surface area contributed by atoms with Gasteiger partial charge in [-0.05, 0) is 31.2 Å². The molecule has 2 unspecified atom stereocenters. The van der Waals surface area contributed by atoms with Crippen LogP contribution in [0.3, 0.4) is 0 Å². The van der Waals surface area contributed by atoms with Gasteiger partial charge in [0.2, 0.25) is 5.91 Å². The number of carbonyl (C=O) groups excluding carboxylic acids is 1. The van der Waals surface area contributed by atoms with Crippen molar-refractivity contribution in [1.82, 2.24) is 4.98 Å². The second kappa shape index (κ2) is 6.74. The van der Waals surface area contributed by atoms with Crippen LogP contribution in [-0.2, 0) is 17.1 Å². The van der Waals surface area contributed by atoms with Crippen molar-refractivity contribution in [3.8, 4) is 0 Å². The molecule has 0 saturated carbocycles. The van der Waals surface area contributed by atoms with Crippen LogP contribution in [-0.4, -0.2) is 16.1 Å². The average Bonchev–Trinajstić information content (AvgIpc) is 2.89. The molecule has 2 atom stereocenters. The van der Waals surface area contributed by atoms with Crippen molar-refractivity contribution in [2.24, 2.45) is 0 Å². The van der Waals surface area contributed by atoms with E-state index < -0.39 is 45.7 Å². The molecule has 1 aromatic heterocycles. The summed E-state index contributed by atoms with van der Waals surface area (Å²) in [5, 5.41) is -1.40. The molecule has 10 heteroatoms. The zero-order valence-electron chi connectivity index (χ0n) is 13.7. The summed E-state index contributed by atoms with van der Waals surface area (Å²) in [6, 6.07) is 4.36. The molecule has 0 aliphatic carbocycles. The van der Waals surface area contributed by atoms with Crippen LogP contribution in [0.1, 0.15) is 29.0 Å². The van der Waals surface area contributed by atoms with Crippen molar-refractivity contribution in [2.75, 3.05) is 4.90 Å². The van der Waals surface area contributed by atoms with Crippen LogP contribution in [0.25, 0.3) is 0 Å². The Morgan fingerprint density at radius 1 is 1.04 bits per heavy atom. The number of hydrogen-bond donors (Lipinski definition) is 0. The SMILES string of the molecule is CC1SC(c2cccnc2)N(c2cc(C(F)(F)F)cc(C(F)(F)F)c2)C1=O. The van der Waals surface area contributed by atoms with Gasteiger partial charge in [0, 0.05) is 23.6 Å². The molecule has 0 N–H and O–H groups in total. The third kappa shape index (κ3) is 3.90. The molecule has 1 aliphatic rings. The molecule has 1 amide bonds. The minimum absolute atomic E-state index is 0.0414. The smallest absolute Gasteiger partial charge is 0.295 e. The molecule has 3 nitrogen and oxygen atoms in total. The van der Waals surface area contributed by atoms with Crippen LogP contribution in [0.2, 0.25) is 0 Å². The summed E-state index contributed by atoms with van der Waals surface area (Å²) >= 11 is 1.13. The van der Waals surface area contributed by atoms with E-state index in [0.29, 0.717) is 17.7 Å². The molecule has 2 heterocycles. The molecule has 3 rings (SSSR count). The Bertz CT molecular complexity index is 820. The topological polar surface area (TPSA) is 33.2 Å². The van der Waals surface area contributed by atoms with Crippen molar-refractivity contribution < 1.29 is 31.1 Å². The number of aromatic nitrogens is 1. The molecular formula is C17H12F6N2OS. The van der Waals surface area contributed by atoms with Crippen molar-refractivity contribution in [2.45, 2.75) is 29.9 Å². The number of hydrogen-bond acceptors (Lipinski definition) is 3. The fourth-order valence-electron chi connectivity index (χ4n) is 2.71. The quantitative estimate of drug-likeness (QED) is 0.636. The number of halogens is 6. The summed E-state index contributed by atoms with van der Waals surface area (Å²) in [4.78, 5) is 17.4. The molecule has 2 aromatic rings. The Morgan fingerprint density at radius 3 is 2.11 bits per heavy atom. The minimum atomic E-state index is -4.98. The fourth-order valence-corrected chi connectivity index (χ4v) is 3.97. The Morgan fingerprint density at radius 2 is 1.63 bits per heavy atom. The van der Waals surface area contributed by atoms with Crippen LogP contribution >= 0.6 is 11.8 Å². The number of thioether (sulfide) groups is 1. The molecular weight excluding hydrogens is 394 g/mol. The summed E-state index contributed by atoms with van der Waals surface area (Å²) < 4.78 is 78.8. The van der Waals surface area contributed by atoms with Crippen molar-refractivity contribution in [3.63, 3.8) is 0 Å². The molecule has 0 spiro atoms. The van der Waals surface area contributed by atoms with Gasteiger partial charge in [-0.15, -0.1) is 11.8 Å². The second-order valence-corrected chi connectivity index (χ2v) is 7.32. The number of rotatable bonds is 2. The molecule has 27 heavy (non-hydrogen) atoms. The van der Waals surface area contributed by atoms with E-state index >= 15 is 0 Å². The summed E-state index contributed by atoms with van der Waals surface area (Å²) in [6.45, 7) is 1.55. The largest absolute Gasteiger partial charge is 0.416 e. The first-order valence-electron chi connectivity index (χ1n) is 7.66. The number of nitrogens with zero attached hydrogens (tertiary/aromatic N) is 2. The first-order valence-corrected chi connectivity index (χ1v) is 8.60. The van der Waals surface area contributed by atoms with Crippen molar-refractivity contribution in [1.29, 1.82) is 0 Å². The summed E-state index contributed by atoms with van der Waals surface area (Å²) in [5.41, 5.74) is -2.87. The fraction of sp³-hybridized carbons (Fsp3) is 0.294. The highest BCUT2D eigenvalue weighted by Crippen LogP contribution is 2.47. The zero-order valence-corrected chi connectivity index (χ0v) is 14.5. The van der Waals surface area contributed by atoms with Gasteiger partial charge in [0.1, 0.15) is 5.37 Å². The van der Waals surface area contributed by atoms with Gasteiger partial charge in [-0.2, -0.15) is 26.3 Å². The predicted octanol–water partition coefficient (Wildman–Crippen LogP) is 5.29. The minimum Gasteiger partial charge on any atom is -0.295 e. The lowest BCUT2D eigenvalue weighted by Gasteiger charge is -2.26. The highest BCUT2D eigenvalue weighted by molar-refractivity contribution is 8.01. The van der Waals surface area contributed by atoms with Gasteiger partial charge < -0.3 is 0 Å². The maximum Gasteiger partial charge on any atom is 0.416 e. The molecule has 1 saturated heterocycles. The van der Waals surface area contributed by atoms with Crippen LogP contribution < -0.4 is 4.90 Å². The number of anilines is 1. The van der Waals surface area contributed by atoms with Gasteiger partial charge in [-0.3, -0.25) is 14.7 Å². The Labute approximate surface area is 154 Å². The number of alkyl halides is 6. The van der Waals surface area contributed by atoms with Gasteiger partial charge in [0.25, 0.3) is 0 Å². The molecule has 1 aromatic carbocycles. The molecule has 1 fully saturated rings. The van der Waals surface area contributed by atoms with Crippen LogP contribution in [0.5, 0.6) is 0 Å². The van der Waals surface area contributed by atoms with Gasteiger partial charge in [-0.25, -0.2) is 0 Å². The highest BCUT2D eigenvalue weighted by atomic mass is 32.2.